The van der Waals surface area contributed by atoms with E-state index in [-0.39, 0.29) is 5.91 Å². The fourth-order valence-electron chi connectivity index (χ4n) is 2.91. The third-order valence-corrected chi connectivity index (χ3v) is 4.48. The number of hydrogen-bond acceptors (Lipinski definition) is 2. The lowest BCUT2D eigenvalue weighted by Crippen LogP contribution is -2.18. The van der Waals surface area contributed by atoms with Crippen LogP contribution in [-0.4, -0.2) is 5.91 Å². The van der Waals surface area contributed by atoms with Gasteiger partial charge in [0, 0.05) is 17.1 Å². The monoisotopic (exact) mass is 354 g/mol. The van der Waals surface area contributed by atoms with Gasteiger partial charge in [0.25, 0.3) is 0 Å². The number of nitrogens with one attached hydrogen (secondary N) is 1. The molecular formula is C21H23ClN2O. The lowest BCUT2D eigenvalue weighted by molar-refractivity contribution is -0.117. The lowest BCUT2D eigenvalue weighted by Gasteiger charge is -2.20. The van der Waals surface area contributed by atoms with Gasteiger partial charge in [0.15, 0.2) is 0 Å². The maximum Gasteiger partial charge on any atom is 0.224 e. The van der Waals surface area contributed by atoms with E-state index in [9.17, 15) is 4.79 Å². The molecule has 2 aromatic carbocycles. The fourth-order valence-corrected chi connectivity index (χ4v) is 3.04. The molecule has 0 unspecified atom stereocenters. The van der Waals surface area contributed by atoms with Crippen molar-refractivity contribution >= 4 is 23.2 Å². The summed E-state index contributed by atoms with van der Waals surface area (Å²) < 4.78 is 0. The van der Waals surface area contributed by atoms with Gasteiger partial charge in [-0.1, -0.05) is 49.1 Å². The summed E-state index contributed by atoms with van der Waals surface area (Å²) in [5, 5.41) is 11.9. The summed E-state index contributed by atoms with van der Waals surface area (Å²) in [6.07, 6.45) is 6.94. The van der Waals surface area contributed by atoms with Crippen LogP contribution in [0.25, 0.3) is 0 Å². The Morgan fingerprint density at radius 3 is 2.24 bits per heavy atom. The van der Waals surface area contributed by atoms with E-state index in [0.717, 1.165) is 5.69 Å². The summed E-state index contributed by atoms with van der Waals surface area (Å²) in [7, 11) is 0. The molecule has 0 heterocycles. The highest BCUT2D eigenvalue weighted by atomic mass is 35.5. The first-order valence-electron chi connectivity index (χ1n) is 8.68. The SMILES string of the molecule is N#Cc1ccccc1.O=C(CC1CCCCC1)Nc1ccc(Cl)cc1. The Balaban J connectivity index is 0.000000236. The predicted molar refractivity (Wildman–Crippen MR) is 102 cm³/mol. The number of hydrogen-bond donors (Lipinski definition) is 1. The number of benzene rings is 2. The quantitative estimate of drug-likeness (QED) is 0.756. The number of nitriles is 1. The standard InChI is InChI=1S/C14H18ClNO.C7H5N/c15-12-6-8-13(9-7-12)16-14(17)10-11-4-2-1-3-5-11;8-6-7-4-2-1-3-5-7/h6-9,11H,1-5,10H2,(H,16,17);1-5H. The molecule has 4 heteroatoms. The molecule has 1 fully saturated rings. The average molecular weight is 355 g/mol. The molecule has 0 aromatic heterocycles. The summed E-state index contributed by atoms with van der Waals surface area (Å²) in [6.45, 7) is 0. The number of carbonyl (C=O) groups is 1. The Morgan fingerprint density at radius 2 is 1.68 bits per heavy atom. The first kappa shape index (κ1) is 19.0. The first-order chi connectivity index (χ1) is 12.2. The first-order valence-corrected chi connectivity index (χ1v) is 9.06. The van der Waals surface area contributed by atoms with Crippen molar-refractivity contribution in [1.29, 1.82) is 5.26 Å². The molecule has 1 saturated carbocycles. The zero-order chi connectivity index (χ0) is 17.9. The van der Waals surface area contributed by atoms with Crippen molar-refractivity contribution in [3.05, 3.63) is 65.2 Å². The minimum atomic E-state index is 0.124. The minimum absolute atomic E-state index is 0.124. The van der Waals surface area contributed by atoms with E-state index < -0.39 is 0 Å². The maximum atomic E-state index is 11.8. The van der Waals surface area contributed by atoms with Gasteiger partial charge in [0.2, 0.25) is 5.91 Å². The van der Waals surface area contributed by atoms with E-state index in [1.807, 2.05) is 36.4 Å². The molecule has 3 nitrogen and oxygen atoms in total. The van der Waals surface area contributed by atoms with E-state index in [4.69, 9.17) is 16.9 Å². The summed E-state index contributed by atoms with van der Waals surface area (Å²) in [5.41, 5.74) is 1.54. The number of halogens is 1. The van der Waals surface area contributed by atoms with Crippen molar-refractivity contribution in [3.8, 4) is 6.07 Å². The van der Waals surface area contributed by atoms with Gasteiger partial charge >= 0.3 is 0 Å². The fraction of sp³-hybridized carbons (Fsp3) is 0.333. The van der Waals surface area contributed by atoms with Crippen LogP contribution in [0.15, 0.2) is 54.6 Å². The van der Waals surface area contributed by atoms with E-state index in [0.29, 0.717) is 22.9 Å². The number of rotatable bonds is 3. The Hall–Kier alpha value is -2.31. The normalized spacial score (nSPS) is 13.9. The Bertz CT molecular complexity index is 686. The van der Waals surface area contributed by atoms with Gasteiger partial charge in [-0.05, 0) is 55.2 Å². The smallest absolute Gasteiger partial charge is 0.224 e. The second kappa shape index (κ2) is 10.5. The molecule has 2 aromatic rings. The molecule has 0 bridgehead atoms. The van der Waals surface area contributed by atoms with E-state index in [2.05, 4.69) is 5.32 Å². The molecule has 3 rings (SSSR count). The average Bonchev–Trinajstić information content (AvgIpc) is 2.65. The molecule has 0 spiro atoms. The van der Waals surface area contributed by atoms with Crippen LogP contribution >= 0.6 is 11.6 Å². The maximum absolute atomic E-state index is 11.8. The number of nitrogens with zero attached hydrogens (tertiary/aromatic N) is 1. The predicted octanol–water partition coefficient (Wildman–Crippen LogP) is 5.81. The second-order valence-electron chi connectivity index (χ2n) is 6.24. The van der Waals surface area contributed by atoms with Crippen LogP contribution < -0.4 is 5.32 Å². The number of amides is 1. The van der Waals surface area contributed by atoms with Gasteiger partial charge < -0.3 is 5.32 Å². The van der Waals surface area contributed by atoms with Crippen molar-refractivity contribution in [1.82, 2.24) is 0 Å². The van der Waals surface area contributed by atoms with Gasteiger partial charge in [-0.3, -0.25) is 4.79 Å². The lowest BCUT2D eigenvalue weighted by atomic mass is 9.87. The molecule has 0 atom stereocenters. The third kappa shape index (κ3) is 7.41. The van der Waals surface area contributed by atoms with Gasteiger partial charge in [0.1, 0.15) is 0 Å². The molecule has 1 aliphatic rings. The molecule has 25 heavy (non-hydrogen) atoms. The van der Waals surface area contributed by atoms with E-state index >= 15 is 0 Å². The van der Waals surface area contributed by atoms with Crippen LogP contribution in [0.2, 0.25) is 5.02 Å². The van der Waals surface area contributed by atoms with Gasteiger partial charge in [-0.2, -0.15) is 5.26 Å². The van der Waals surface area contributed by atoms with Crippen molar-refractivity contribution < 1.29 is 4.79 Å². The molecule has 0 aliphatic heterocycles. The molecule has 0 radical (unpaired) electrons. The van der Waals surface area contributed by atoms with Crippen LogP contribution in [0.4, 0.5) is 5.69 Å². The number of anilines is 1. The van der Waals surface area contributed by atoms with E-state index in [1.165, 1.54) is 32.1 Å². The van der Waals surface area contributed by atoms with E-state index in [1.54, 1.807) is 24.3 Å². The molecule has 130 valence electrons. The highest BCUT2D eigenvalue weighted by molar-refractivity contribution is 6.30. The van der Waals surface area contributed by atoms with Gasteiger partial charge in [0.05, 0.1) is 11.6 Å². The zero-order valence-corrected chi connectivity index (χ0v) is 15.0. The van der Waals surface area contributed by atoms with Crippen molar-refractivity contribution in [3.63, 3.8) is 0 Å². The van der Waals surface area contributed by atoms with Crippen LogP contribution in [0.1, 0.15) is 44.1 Å². The zero-order valence-electron chi connectivity index (χ0n) is 14.2. The van der Waals surface area contributed by atoms with Crippen molar-refractivity contribution in [2.24, 2.45) is 5.92 Å². The van der Waals surface area contributed by atoms with Crippen LogP contribution in [-0.2, 0) is 4.79 Å². The molecule has 0 saturated heterocycles. The largest absolute Gasteiger partial charge is 0.326 e. The molecular weight excluding hydrogens is 332 g/mol. The van der Waals surface area contributed by atoms with Crippen LogP contribution in [0.5, 0.6) is 0 Å². The second-order valence-corrected chi connectivity index (χ2v) is 6.68. The van der Waals surface area contributed by atoms with Gasteiger partial charge in [-0.25, -0.2) is 0 Å². The third-order valence-electron chi connectivity index (χ3n) is 4.23. The topological polar surface area (TPSA) is 52.9 Å². The number of carbonyl (C=O) groups excluding carboxylic acids is 1. The Kier molecular flexibility index (Phi) is 8.01. The summed E-state index contributed by atoms with van der Waals surface area (Å²) in [6, 6.07) is 18.4. The highest BCUT2D eigenvalue weighted by Crippen LogP contribution is 2.26. The molecule has 1 N–H and O–H groups in total. The molecule has 1 amide bonds. The Morgan fingerprint density at radius 1 is 1.04 bits per heavy atom. The Labute approximate surface area is 154 Å². The summed E-state index contributed by atoms with van der Waals surface area (Å²) in [4.78, 5) is 11.8. The van der Waals surface area contributed by atoms with Crippen LogP contribution in [0.3, 0.4) is 0 Å². The van der Waals surface area contributed by atoms with Gasteiger partial charge in [-0.15, -0.1) is 0 Å². The molecule has 1 aliphatic carbocycles. The summed E-state index contributed by atoms with van der Waals surface area (Å²) in [5.74, 6) is 0.704. The summed E-state index contributed by atoms with van der Waals surface area (Å²) >= 11 is 5.79. The van der Waals surface area contributed by atoms with Crippen molar-refractivity contribution in [2.75, 3.05) is 5.32 Å². The van der Waals surface area contributed by atoms with Crippen molar-refractivity contribution in [2.45, 2.75) is 38.5 Å². The highest BCUT2D eigenvalue weighted by Gasteiger charge is 2.16. The van der Waals surface area contributed by atoms with Crippen LogP contribution in [0, 0.1) is 17.2 Å². The minimum Gasteiger partial charge on any atom is -0.326 e.